The van der Waals surface area contributed by atoms with E-state index in [4.69, 9.17) is 10.2 Å². The van der Waals surface area contributed by atoms with Crippen LogP contribution in [0.4, 0.5) is 0 Å². The van der Waals surface area contributed by atoms with Crippen molar-refractivity contribution in [2.45, 2.75) is 70.6 Å². The first-order valence-electron chi connectivity index (χ1n) is 7.34. The van der Waals surface area contributed by atoms with Crippen LogP contribution in [-0.4, -0.2) is 24.4 Å². The minimum absolute atomic E-state index is 1.00. The molecule has 0 radical (unpaired) electrons. The molecule has 3 fully saturated rings. The third-order valence-corrected chi connectivity index (χ3v) is 4.13. The zero-order valence-corrected chi connectivity index (χ0v) is 11.8. The summed E-state index contributed by atoms with van der Waals surface area (Å²) < 4.78 is 0. The van der Waals surface area contributed by atoms with Gasteiger partial charge in [-0.15, -0.1) is 0 Å². The van der Waals surface area contributed by atoms with Gasteiger partial charge in [0.2, 0.25) is 0 Å². The maximum atomic E-state index is 7.00. The molecule has 0 aromatic rings. The van der Waals surface area contributed by atoms with Crippen molar-refractivity contribution >= 4 is 0 Å². The van der Waals surface area contributed by atoms with Crippen LogP contribution in [0, 0.1) is 11.8 Å². The number of aliphatic hydroxyl groups is 2. The second kappa shape index (κ2) is 12.4. The molecule has 0 unspecified atom stereocenters. The molecule has 0 heterocycles. The fourth-order valence-corrected chi connectivity index (χ4v) is 3.23. The molecule has 2 bridgehead atoms. The summed E-state index contributed by atoms with van der Waals surface area (Å²) in [6.45, 7) is 0. The Morgan fingerprint density at radius 3 is 0.882 bits per heavy atom. The first-order chi connectivity index (χ1) is 8.45. The van der Waals surface area contributed by atoms with E-state index < -0.39 is 0 Å². The molecule has 2 N–H and O–H groups in total. The smallest absolute Gasteiger partial charge is 0.0319 e. The molecule has 0 atom stereocenters. The molecular formula is C15H32O2. The monoisotopic (exact) mass is 244 g/mol. The molecule has 104 valence electrons. The molecule has 3 aliphatic rings. The van der Waals surface area contributed by atoms with E-state index in [0.717, 1.165) is 14.2 Å². The lowest BCUT2D eigenvalue weighted by atomic mass is 10.0. The van der Waals surface area contributed by atoms with E-state index in [0.29, 0.717) is 0 Å². The molecule has 0 spiro atoms. The Labute approximate surface area is 107 Å². The highest BCUT2D eigenvalue weighted by molar-refractivity contribution is 4.82. The van der Waals surface area contributed by atoms with Crippen LogP contribution in [0.1, 0.15) is 70.6 Å². The zero-order valence-electron chi connectivity index (χ0n) is 11.8. The number of hydrogen-bond donors (Lipinski definition) is 2. The quantitative estimate of drug-likeness (QED) is 0.681. The van der Waals surface area contributed by atoms with Crippen LogP contribution in [0.25, 0.3) is 0 Å². The Morgan fingerprint density at radius 2 is 0.765 bits per heavy atom. The fourth-order valence-electron chi connectivity index (χ4n) is 3.23. The molecule has 0 aliphatic heterocycles. The van der Waals surface area contributed by atoms with Gasteiger partial charge in [-0.2, -0.15) is 0 Å². The largest absolute Gasteiger partial charge is 0.400 e. The second-order valence-electron chi connectivity index (χ2n) is 5.24. The van der Waals surface area contributed by atoms with Crippen molar-refractivity contribution in [1.29, 1.82) is 0 Å². The second-order valence-corrected chi connectivity index (χ2v) is 5.24. The molecular weight excluding hydrogens is 212 g/mol. The summed E-state index contributed by atoms with van der Waals surface area (Å²) in [4.78, 5) is 0. The molecule has 3 saturated carbocycles. The first kappa shape index (κ1) is 16.9. The van der Waals surface area contributed by atoms with Crippen molar-refractivity contribution in [3.63, 3.8) is 0 Å². The Hall–Kier alpha value is -0.0800. The van der Waals surface area contributed by atoms with Gasteiger partial charge < -0.3 is 10.2 Å². The Balaban J connectivity index is 0.000000237. The van der Waals surface area contributed by atoms with E-state index in [9.17, 15) is 0 Å². The molecule has 0 aromatic heterocycles. The van der Waals surface area contributed by atoms with Gasteiger partial charge in [-0.1, -0.05) is 64.2 Å². The lowest BCUT2D eigenvalue weighted by Gasteiger charge is -2.05. The summed E-state index contributed by atoms with van der Waals surface area (Å²) in [5.41, 5.74) is 0. The van der Waals surface area contributed by atoms with Gasteiger partial charge in [0.25, 0.3) is 0 Å². The van der Waals surface area contributed by atoms with Crippen LogP contribution in [0.2, 0.25) is 0 Å². The van der Waals surface area contributed by atoms with Crippen molar-refractivity contribution in [3.05, 3.63) is 0 Å². The van der Waals surface area contributed by atoms with Gasteiger partial charge in [-0.05, 0) is 18.3 Å². The molecule has 17 heavy (non-hydrogen) atoms. The lowest BCUT2D eigenvalue weighted by molar-refractivity contribution is 0.399. The molecule has 3 aliphatic carbocycles. The standard InChI is InChI=1S/C7H12.C6H12.2CH4O/c1-2-7-4-3-6(1)5-7;1-2-4-6-5-3-1;2*1-2/h6-7H,1-5H2;1-6H2;2*2H,1H3. The van der Waals surface area contributed by atoms with Gasteiger partial charge in [-0.3, -0.25) is 0 Å². The highest BCUT2D eigenvalue weighted by atomic mass is 16.2. The van der Waals surface area contributed by atoms with Gasteiger partial charge >= 0.3 is 0 Å². The molecule has 3 rings (SSSR count). The highest BCUT2D eigenvalue weighted by Crippen LogP contribution is 2.43. The predicted octanol–water partition coefficient (Wildman–Crippen LogP) is 3.75. The van der Waals surface area contributed by atoms with Crippen LogP contribution in [0.3, 0.4) is 0 Å². The summed E-state index contributed by atoms with van der Waals surface area (Å²) in [6, 6.07) is 0. The Morgan fingerprint density at radius 1 is 0.529 bits per heavy atom. The fraction of sp³-hybridized carbons (Fsp3) is 1.00. The SMILES string of the molecule is C1CC2CCC1C2.C1CCCCC1.CO.CO. The van der Waals surface area contributed by atoms with Crippen molar-refractivity contribution in [3.8, 4) is 0 Å². The molecule has 0 aromatic carbocycles. The first-order valence-corrected chi connectivity index (χ1v) is 7.34. The number of hydrogen-bond acceptors (Lipinski definition) is 2. The highest BCUT2D eigenvalue weighted by Gasteiger charge is 2.30. The van der Waals surface area contributed by atoms with E-state index >= 15 is 0 Å². The molecule has 0 saturated heterocycles. The van der Waals surface area contributed by atoms with Crippen LogP contribution in [-0.2, 0) is 0 Å². The van der Waals surface area contributed by atoms with E-state index in [1.165, 1.54) is 50.4 Å². The minimum atomic E-state index is 1.00. The van der Waals surface area contributed by atoms with Crippen LogP contribution < -0.4 is 0 Å². The van der Waals surface area contributed by atoms with Crippen molar-refractivity contribution in [2.24, 2.45) is 11.8 Å². The van der Waals surface area contributed by atoms with Crippen LogP contribution in [0.5, 0.6) is 0 Å². The summed E-state index contributed by atoms with van der Waals surface area (Å²) in [5, 5.41) is 14.0. The zero-order chi connectivity index (χ0) is 12.9. The Kier molecular flexibility index (Phi) is 12.3. The third kappa shape index (κ3) is 7.77. The van der Waals surface area contributed by atoms with E-state index in [1.54, 1.807) is 32.1 Å². The van der Waals surface area contributed by atoms with Gasteiger partial charge in [0.1, 0.15) is 0 Å². The van der Waals surface area contributed by atoms with Gasteiger partial charge in [-0.25, -0.2) is 0 Å². The molecule has 2 nitrogen and oxygen atoms in total. The van der Waals surface area contributed by atoms with Gasteiger partial charge in [0, 0.05) is 14.2 Å². The molecule has 2 heteroatoms. The average Bonchev–Trinajstić information content (AvgIpc) is 3.11. The number of fused-ring (bicyclic) bond motifs is 2. The maximum Gasteiger partial charge on any atom is 0.0319 e. The third-order valence-electron chi connectivity index (χ3n) is 4.13. The summed E-state index contributed by atoms with van der Waals surface area (Å²) in [7, 11) is 2.00. The topological polar surface area (TPSA) is 40.5 Å². The minimum Gasteiger partial charge on any atom is -0.400 e. The number of aliphatic hydroxyl groups excluding tert-OH is 2. The Bertz CT molecular complexity index is 114. The lowest BCUT2D eigenvalue weighted by Crippen LogP contribution is -1.90. The van der Waals surface area contributed by atoms with Gasteiger partial charge in [0.15, 0.2) is 0 Å². The normalized spacial score (nSPS) is 28.9. The maximum absolute atomic E-state index is 7.00. The van der Waals surface area contributed by atoms with Crippen molar-refractivity contribution in [1.82, 2.24) is 0 Å². The van der Waals surface area contributed by atoms with Crippen molar-refractivity contribution in [2.75, 3.05) is 14.2 Å². The van der Waals surface area contributed by atoms with Crippen molar-refractivity contribution < 1.29 is 10.2 Å². The summed E-state index contributed by atoms with van der Waals surface area (Å²) in [5.74, 6) is 2.34. The van der Waals surface area contributed by atoms with E-state index in [-0.39, 0.29) is 0 Å². The van der Waals surface area contributed by atoms with Crippen LogP contribution in [0.15, 0.2) is 0 Å². The van der Waals surface area contributed by atoms with Gasteiger partial charge in [0.05, 0.1) is 0 Å². The van der Waals surface area contributed by atoms with Crippen LogP contribution >= 0.6 is 0 Å². The van der Waals surface area contributed by atoms with E-state index in [2.05, 4.69) is 0 Å². The average molecular weight is 244 g/mol. The summed E-state index contributed by atoms with van der Waals surface area (Å²) in [6.07, 6.45) is 16.8. The van der Waals surface area contributed by atoms with E-state index in [1.807, 2.05) is 0 Å². The predicted molar refractivity (Wildman–Crippen MR) is 74.1 cm³/mol. The molecule has 0 amide bonds. The summed E-state index contributed by atoms with van der Waals surface area (Å²) >= 11 is 0. The number of rotatable bonds is 0.